The second-order valence-electron chi connectivity index (χ2n) is 5.20. The van der Waals surface area contributed by atoms with Crippen LogP contribution in [0.25, 0.3) is 10.8 Å². The van der Waals surface area contributed by atoms with E-state index in [-0.39, 0.29) is 5.69 Å². The summed E-state index contributed by atoms with van der Waals surface area (Å²) in [6.45, 7) is 0. The molecule has 0 radical (unpaired) electrons. The number of para-hydroxylation sites is 1. The third kappa shape index (κ3) is 3.87. The van der Waals surface area contributed by atoms with E-state index >= 15 is 0 Å². The molecule has 25 heavy (non-hydrogen) atoms. The minimum Gasteiger partial charge on any atom is -0.315 e. The Morgan fingerprint density at radius 1 is 0.880 bits per heavy atom. The molecule has 0 fully saturated rings. The Kier molecular flexibility index (Phi) is 4.80. The summed E-state index contributed by atoms with van der Waals surface area (Å²) in [5, 5.41) is 7.99. The van der Waals surface area contributed by atoms with Gasteiger partial charge in [-0.3, -0.25) is 9.59 Å². The van der Waals surface area contributed by atoms with Gasteiger partial charge in [-0.1, -0.05) is 54.6 Å². The molecule has 0 aliphatic heterocycles. The first-order chi connectivity index (χ1) is 12.1. The third-order valence-electron chi connectivity index (χ3n) is 3.52. The van der Waals surface area contributed by atoms with E-state index < -0.39 is 17.6 Å². The van der Waals surface area contributed by atoms with Gasteiger partial charge in [-0.15, -0.1) is 0 Å². The fourth-order valence-corrected chi connectivity index (χ4v) is 2.32. The maximum absolute atomic E-state index is 13.5. The van der Waals surface area contributed by atoms with Crippen LogP contribution in [0.1, 0.15) is 5.56 Å². The molecule has 0 saturated carbocycles. The van der Waals surface area contributed by atoms with Gasteiger partial charge in [0, 0.05) is 5.56 Å². The molecule has 0 aliphatic rings. The van der Waals surface area contributed by atoms with E-state index in [0.29, 0.717) is 0 Å². The lowest BCUT2D eigenvalue weighted by molar-refractivity contribution is -0.136. The summed E-state index contributed by atoms with van der Waals surface area (Å²) in [7, 11) is 0. The van der Waals surface area contributed by atoms with Gasteiger partial charge >= 0.3 is 11.8 Å². The highest BCUT2D eigenvalue weighted by molar-refractivity contribution is 6.39. The van der Waals surface area contributed by atoms with Crippen LogP contribution in [0.15, 0.2) is 71.8 Å². The highest BCUT2D eigenvalue weighted by atomic mass is 19.1. The average Bonchev–Trinajstić information content (AvgIpc) is 2.63. The maximum Gasteiger partial charge on any atom is 0.329 e. The monoisotopic (exact) mass is 335 g/mol. The van der Waals surface area contributed by atoms with Crippen LogP contribution in [0, 0.1) is 5.82 Å². The standard InChI is InChI=1S/C19H14FN3O2/c20-16-10-3-4-11-17(16)22-18(24)19(25)23-21-12-14-8-5-7-13-6-1-2-9-15(13)14/h1-12H,(H,22,24)(H,23,25). The van der Waals surface area contributed by atoms with E-state index in [1.165, 1.54) is 24.4 Å². The van der Waals surface area contributed by atoms with Crippen LogP contribution in [0.3, 0.4) is 0 Å². The number of carbonyl (C=O) groups is 2. The second-order valence-corrected chi connectivity index (χ2v) is 5.20. The van der Waals surface area contributed by atoms with Crippen molar-refractivity contribution in [2.75, 3.05) is 5.32 Å². The Balaban J connectivity index is 1.66. The lowest BCUT2D eigenvalue weighted by atomic mass is 10.1. The van der Waals surface area contributed by atoms with Gasteiger partial charge in [-0.05, 0) is 22.9 Å². The molecule has 6 heteroatoms. The molecule has 0 aromatic heterocycles. The first kappa shape index (κ1) is 16.3. The second kappa shape index (κ2) is 7.35. The normalized spacial score (nSPS) is 10.8. The SMILES string of the molecule is O=C(NN=Cc1cccc2ccccc12)C(=O)Nc1ccccc1F. The molecule has 3 rings (SSSR count). The number of hydrogen-bond donors (Lipinski definition) is 2. The maximum atomic E-state index is 13.5. The summed E-state index contributed by atoms with van der Waals surface area (Å²) in [4.78, 5) is 23.5. The molecule has 5 nitrogen and oxygen atoms in total. The molecule has 124 valence electrons. The fourth-order valence-electron chi connectivity index (χ4n) is 2.32. The number of hydrazone groups is 1. The number of amides is 2. The van der Waals surface area contributed by atoms with E-state index in [1.54, 1.807) is 6.07 Å². The van der Waals surface area contributed by atoms with Gasteiger partial charge in [0.05, 0.1) is 11.9 Å². The Labute approximate surface area is 143 Å². The van der Waals surface area contributed by atoms with Crippen LogP contribution in [0.5, 0.6) is 0 Å². The zero-order valence-corrected chi connectivity index (χ0v) is 13.1. The number of hydrogen-bond acceptors (Lipinski definition) is 3. The Morgan fingerprint density at radius 2 is 1.60 bits per heavy atom. The van der Waals surface area contributed by atoms with E-state index in [1.807, 2.05) is 42.5 Å². The van der Waals surface area contributed by atoms with Crippen LogP contribution < -0.4 is 10.7 Å². The minimum absolute atomic E-state index is 0.0688. The number of carbonyl (C=O) groups excluding carboxylic acids is 2. The van der Waals surface area contributed by atoms with Gasteiger partial charge in [0.2, 0.25) is 0 Å². The Morgan fingerprint density at radius 3 is 2.44 bits per heavy atom. The van der Waals surface area contributed by atoms with E-state index in [2.05, 4.69) is 15.8 Å². The van der Waals surface area contributed by atoms with Crippen LogP contribution in [-0.4, -0.2) is 18.0 Å². The third-order valence-corrected chi connectivity index (χ3v) is 3.52. The van der Waals surface area contributed by atoms with Crippen LogP contribution in [0.4, 0.5) is 10.1 Å². The van der Waals surface area contributed by atoms with Crippen molar-refractivity contribution in [3.63, 3.8) is 0 Å². The van der Waals surface area contributed by atoms with Gasteiger partial charge in [-0.2, -0.15) is 5.10 Å². The van der Waals surface area contributed by atoms with Crippen molar-refractivity contribution < 1.29 is 14.0 Å². The largest absolute Gasteiger partial charge is 0.329 e. The molecule has 0 atom stereocenters. The van der Waals surface area contributed by atoms with Crippen LogP contribution in [0.2, 0.25) is 0 Å². The number of halogens is 1. The summed E-state index contributed by atoms with van der Waals surface area (Å²) in [5.41, 5.74) is 2.86. The van der Waals surface area contributed by atoms with Crippen molar-refractivity contribution in [2.45, 2.75) is 0 Å². The molecule has 0 heterocycles. The van der Waals surface area contributed by atoms with Gasteiger partial charge in [0.1, 0.15) is 5.82 Å². The minimum atomic E-state index is -1.000. The summed E-state index contributed by atoms with van der Waals surface area (Å²) in [6, 6.07) is 19.0. The van der Waals surface area contributed by atoms with Crippen molar-refractivity contribution in [3.05, 3.63) is 78.1 Å². The number of fused-ring (bicyclic) bond motifs is 1. The molecule has 0 bridgehead atoms. The van der Waals surface area contributed by atoms with Gasteiger partial charge < -0.3 is 5.32 Å². The number of nitrogens with zero attached hydrogens (tertiary/aromatic N) is 1. The van der Waals surface area contributed by atoms with Crippen molar-refractivity contribution in [2.24, 2.45) is 5.10 Å². The lowest BCUT2D eigenvalue weighted by Gasteiger charge is -2.05. The van der Waals surface area contributed by atoms with Gasteiger partial charge in [0.25, 0.3) is 0 Å². The summed E-state index contributed by atoms with van der Waals surface area (Å²) < 4.78 is 13.5. The highest BCUT2D eigenvalue weighted by Crippen LogP contribution is 2.16. The lowest BCUT2D eigenvalue weighted by Crippen LogP contribution is -2.32. The van der Waals surface area contributed by atoms with Crippen LogP contribution in [-0.2, 0) is 9.59 Å². The zero-order valence-electron chi connectivity index (χ0n) is 13.1. The zero-order chi connectivity index (χ0) is 17.6. The number of benzene rings is 3. The molecule has 3 aromatic rings. The first-order valence-corrected chi connectivity index (χ1v) is 7.52. The van der Waals surface area contributed by atoms with Crippen molar-refractivity contribution in [3.8, 4) is 0 Å². The molecular formula is C19H14FN3O2. The number of nitrogens with one attached hydrogen (secondary N) is 2. The molecule has 2 N–H and O–H groups in total. The van der Waals surface area contributed by atoms with E-state index in [9.17, 15) is 14.0 Å². The fraction of sp³-hybridized carbons (Fsp3) is 0. The molecule has 3 aromatic carbocycles. The molecule has 0 aliphatic carbocycles. The van der Waals surface area contributed by atoms with Crippen molar-refractivity contribution in [1.29, 1.82) is 0 Å². The predicted octanol–water partition coefficient (Wildman–Crippen LogP) is 3.07. The van der Waals surface area contributed by atoms with Gasteiger partial charge in [0.15, 0.2) is 0 Å². The molecule has 0 saturated heterocycles. The smallest absolute Gasteiger partial charge is 0.315 e. The Bertz CT molecular complexity index is 964. The van der Waals surface area contributed by atoms with E-state index in [0.717, 1.165) is 16.3 Å². The quantitative estimate of drug-likeness (QED) is 0.439. The summed E-state index contributed by atoms with van der Waals surface area (Å²) >= 11 is 0. The molecule has 0 spiro atoms. The average molecular weight is 335 g/mol. The summed E-state index contributed by atoms with van der Waals surface area (Å²) in [5.74, 6) is -2.61. The van der Waals surface area contributed by atoms with E-state index in [4.69, 9.17) is 0 Å². The van der Waals surface area contributed by atoms with Crippen molar-refractivity contribution in [1.82, 2.24) is 5.43 Å². The number of rotatable bonds is 3. The van der Waals surface area contributed by atoms with Crippen molar-refractivity contribution >= 4 is 34.5 Å². The molecular weight excluding hydrogens is 321 g/mol. The topological polar surface area (TPSA) is 70.6 Å². The Hall–Kier alpha value is -3.54. The molecule has 2 amide bonds. The summed E-state index contributed by atoms with van der Waals surface area (Å²) in [6.07, 6.45) is 1.45. The first-order valence-electron chi connectivity index (χ1n) is 7.52. The van der Waals surface area contributed by atoms with Gasteiger partial charge in [-0.25, -0.2) is 9.82 Å². The molecule has 0 unspecified atom stereocenters. The van der Waals surface area contributed by atoms with Crippen LogP contribution >= 0.6 is 0 Å². The highest BCUT2D eigenvalue weighted by Gasteiger charge is 2.14. The predicted molar refractivity (Wildman–Crippen MR) is 94.7 cm³/mol. The number of anilines is 1.